The van der Waals surface area contributed by atoms with E-state index >= 15 is 0 Å². The number of para-hydroxylation sites is 1. The lowest BCUT2D eigenvalue weighted by Gasteiger charge is -2.20. The van der Waals surface area contributed by atoms with Crippen LogP contribution in [0.3, 0.4) is 0 Å². The van der Waals surface area contributed by atoms with Gasteiger partial charge in [-0.2, -0.15) is 0 Å². The summed E-state index contributed by atoms with van der Waals surface area (Å²) in [5.74, 6) is -0.196. The number of aromatic nitrogens is 1. The van der Waals surface area contributed by atoms with Crippen molar-refractivity contribution >= 4 is 51.1 Å². The van der Waals surface area contributed by atoms with Crippen molar-refractivity contribution in [3.63, 3.8) is 0 Å². The fraction of sp³-hybridized carbons (Fsp3) is 0.321. The van der Waals surface area contributed by atoms with Gasteiger partial charge in [0.15, 0.2) is 0 Å². The quantitative estimate of drug-likeness (QED) is 0.210. The Kier molecular flexibility index (Phi) is 6.78. The number of carbonyl (C=O) groups is 1. The van der Waals surface area contributed by atoms with Crippen molar-refractivity contribution in [2.75, 3.05) is 6.26 Å². The highest BCUT2D eigenvalue weighted by molar-refractivity contribution is 7.98. The molecular weight excluding hydrogens is 450 g/mol. The van der Waals surface area contributed by atoms with Gasteiger partial charge in [0.2, 0.25) is 0 Å². The zero-order valence-electron chi connectivity index (χ0n) is 19.9. The Morgan fingerprint density at radius 3 is 2.55 bits per heavy atom. The Balaban J connectivity index is 1.86. The minimum Gasteiger partial charge on any atom is -0.460 e. The van der Waals surface area contributed by atoms with Gasteiger partial charge in [-0.3, -0.25) is 4.79 Å². The van der Waals surface area contributed by atoms with Crippen molar-refractivity contribution in [1.82, 2.24) is 4.57 Å². The lowest BCUT2D eigenvalue weighted by atomic mass is 10.0. The van der Waals surface area contributed by atoms with Gasteiger partial charge >= 0.3 is 5.97 Å². The first-order valence-electron chi connectivity index (χ1n) is 11.2. The zero-order chi connectivity index (χ0) is 23.8. The molecule has 0 radical (unpaired) electrons. The molecule has 0 N–H and O–H groups in total. The second-order valence-electron chi connectivity index (χ2n) is 9.42. The first-order valence-corrected chi connectivity index (χ1v) is 12.8. The van der Waals surface area contributed by atoms with Gasteiger partial charge in [0.25, 0.3) is 0 Å². The molecule has 0 atom stereocenters. The lowest BCUT2D eigenvalue weighted by molar-refractivity contribution is -0.153. The molecule has 4 aromatic rings. The Morgan fingerprint density at radius 1 is 1.09 bits per heavy atom. The van der Waals surface area contributed by atoms with Crippen molar-refractivity contribution in [3.05, 3.63) is 76.3 Å². The SMILES string of the molecule is CSc1c(CC(=O)OC(C)(C)C)cc(C)c2c3ccccc3n(CCc3cccc(Cl)c3)c12. The maximum atomic E-state index is 12.7. The highest BCUT2D eigenvalue weighted by atomic mass is 35.5. The summed E-state index contributed by atoms with van der Waals surface area (Å²) in [6.45, 7) is 8.68. The second kappa shape index (κ2) is 9.44. The number of hydrogen-bond donors (Lipinski definition) is 0. The first kappa shape index (κ1) is 23.7. The molecule has 0 fully saturated rings. The van der Waals surface area contributed by atoms with Gasteiger partial charge in [0.05, 0.1) is 11.9 Å². The number of aryl methyl sites for hydroxylation is 3. The van der Waals surface area contributed by atoms with Crippen molar-refractivity contribution in [1.29, 1.82) is 0 Å². The van der Waals surface area contributed by atoms with E-state index in [1.807, 2.05) is 39.0 Å². The molecule has 0 aliphatic carbocycles. The van der Waals surface area contributed by atoms with E-state index in [-0.39, 0.29) is 12.4 Å². The van der Waals surface area contributed by atoms with Crippen LogP contribution < -0.4 is 0 Å². The molecule has 0 spiro atoms. The van der Waals surface area contributed by atoms with Crippen LogP contribution in [0, 0.1) is 6.92 Å². The molecule has 0 aliphatic rings. The van der Waals surface area contributed by atoms with Crippen LogP contribution in [0.2, 0.25) is 5.02 Å². The van der Waals surface area contributed by atoms with Crippen LogP contribution in [0.5, 0.6) is 0 Å². The number of esters is 1. The topological polar surface area (TPSA) is 31.2 Å². The minimum atomic E-state index is -0.498. The van der Waals surface area contributed by atoms with Gasteiger partial charge in [0, 0.05) is 32.8 Å². The van der Waals surface area contributed by atoms with Crippen molar-refractivity contribution < 1.29 is 9.53 Å². The van der Waals surface area contributed by atoms with Gasteiger partial charge in [0.1, 0.15) is 5.60 Å². The number of halogens is 1. The molecule has 1 aromatic heterocycles. The average molecular weight is 480 g/mol. The van der Waals surface area contributed by atoms with Crippen molar-refractivity contribution in [2.45, 2.75) is 57.6 Å². The molecule has 33 heavy (non-hydrogen) atoms. The number of fused-ring (bicyclic) bond motifs is 3. The highest BCUT2D eigenvalue weighted by Crippen LogP contribution is 2.39. The Labute approximate surface area is 205 Å². The van der Waals surface area contributed by atoms with Gasteiger partial charge in [-0.15, -0.1) is 11.8 Å². The zero-order valence-corrected chi connectivity index (χ0v) is 21.4. The van der Waals surface area contributed by atoms with E-state index in [4.69, 9.17) is 16.3 Å². The molecular formula is C28H30ClNO2S. The number of hydrogen-bond acceptors (Lipinski definition) is 3. The maximum Gasteiger partial charge on any atom is 0.310 e. The molecule has 0 bridgehead atoms. The highest BCUT2D eigenvalue weighted by Gasteiger charge is 2.22. The van der Waals surface area contributed by atoms with Crippen molar-refractivity contribution in [3.8, 4) is 0 Å². The standard InChI is InChI=1S/C28H30ClNO2S/c1-18-15-20(17-24(31)32-28(2,3)4)27(33-5)26-25(18)22-11-6-7-12-23(22)30(26)14-13-19-9-8-10-21(29)16-19/h6-12,15-16H,13-14,17H2,1-5H3. The Hall–Kier alpha value is -2.43. The van der Waals surface area contributed by atoms with Crippen molar-refractivity contribution in [2.24, 2.45) is 0 Å². The summed E-state index contributed by atoms with van der Waals surface area (Å²) >= 11 is 7.92. The molecule has 0 aliphatic heterocycles. The average Bonchev–Trinajstić information content (AvgIpc) is 3.06. The minimum absolute atomic E-state index is 0.196. The number of benzene rings is 3. The van der Waals surface area contributed by atoms with Crippen LogP contribution >= 0.6 is 23.4 Å². The van der Waals surface area contributed by atoms with E-state index in [1.165, 1.54) is 32.9 Å². The number of nitrogens with zero attached hydrogens (tertiary/aromatic N) is 1. The van der Waals surface area contributed by atoms with Crippen LogP contribution in [0.4, 0.5) is 0 Å². The molecule has 0 saturated heterocycles. The Bertz CT molecular complexity index is 1330. The van der Waals surface area contributed by atoms with E-state index in [0.29, 0.717) is 0 Å². The predicted molar refractivity (Wildman–Crippen MR) is 141 cm³/mol. The molecule has 0 amide bonds. The predicted octanol–water partition coefficient (Wildman–Crippen LogP) is 7.61. The smallest absolute Gasteiger partial charge is 0.310 e. The summed E-state index contributed by atoms with van der Waals surface area (Å²) in [6.07, 6.45) is 3.22. The third-order valence-electron chi connectivity index (χ3n) is 5.73. The summed E-state index contributed by atoms with van der Waals surface area (Å²) in [4.78, 5) is 13.8. The fourth-order valence-corrected chi connectivity index (χ4v) is 5.56. The third kappa shape index (κ3) is 5.07. The van der Waals surface area contributed by atoms with Gasteiger partial charge < -0.3 is 9.30 Å². The largest absolute Gasteiger partial charge is 0.460 e. The maximum absolute atomic E-state index is 12.7. The summed E-state index contributed by atoms with van der Waals surface area (Å²) in [6, 6.07) is 18.8. The number of rotatable bonds is 6. The molecule has 0 saturated carbocycles. The molecule has 172 valence electrons. The molecule has 4 rings (SSSR count). The molecule has 5 heteroatoms. The van der Waals surface area contributed by atoms with E-state index in [0.717, 1.165) is 28.4 Å². The van der Waals surface area contributed by atoms with Gasteiger partial charge in [-0.25, -0.2) is 0 Å². The van der Waals surface area contributed by atoms with Crippen LogP contribution in [0.25, 0.3) is 21.8 Å². The van der Waals surface area contributed by atoms with Crippen LogP contribution in [0.15, 0.2) is 59.5 Å². The molecule has 3 aromatic carbocycles. The summed E-state index contributed by atoms with van der Waals surface area (Å²) < 4.78 is 8.04. The second-order valence-corrected chi connectivity index (χ2v) is 10.7. The first-order chi connectivity index (χ1) is 15.7. The van der Waals surface area contributed by atoms with E-state index in [1.54, 1.807) is 11.8 Å². The summed E-state index contributed by atoms with van der Waals surface area (Å²) in [5.41, 5.74) is 5.32. The van der Waals surface area contributed by atoms with Crippen LogP contribution in [-0.2, 0) is 28.9 Å². The van der Waals surface area contributed by atoms with Gasteiger partial charge in [-0.05, 0) is 75.3 Å². The lowest BCUT2D eigenvalue weighted by Crippen LogP contribution is -2.25. The van der Waals surface area contributed by atoms with Crippen LogP contribution in [-0.4, -0.2) is 22.4 Å². The summed E-state index contributed by atoms with van der Waals surface area (Å²) in [7, 11) is 0. The molecule has 0 unspecified atom stereocenters. The molecule has 1 heterocycles. The summed E-state index contributed by atoms with van der Waals surface area (Å²) in [5, 5.41) is 3.26. The number of carbonyl (C=O) groups excluding carboxylic acids is 1. The van der Waals surface area contributed by atoms with Crippen LogP contribution in [0.1, 0.15) is 37.5 Å². The van der Waals surface area contributed by atoms with Gasteiger partial charge in [-0.1, -0.05) is 48.0 Å². The fourth-order valence-electron chi connectivity index (χ4n) is 4.55. The van der Waals surface area contributed by atoms with E-state index < -0.39 is 5.60 Å². The normalized spacial score (nSPS) is 11.9. The number of thioether (sulfide) groups is 1. The molecule has 3 nitrogen and oxygen atoms in total. The third-order valence-corrected chi connectivity index (χ3v) is 6.83. The van der Waals surface area contributed by atoms with E-state index in [9.17, 15) is 4.79 Å². The Morgan fingerprint density at radius 2 is 1.85 bits per heavy atom. The monoisotopic (exact) mass is 479 g/mol. The number of ether oxygens (including phenoxy) is 1. The van der Waals surface area contributed by atoms with E-state index in [2.05, 4.69) is 54.1 Å².